The Labute approximate surface area is 200 Å². The van der Waals surface area contributed by atoms with Gasteiger partial charge in [-0.1, -0.05) is 41.6 Å². The van der Waals surface area contributed by atoms with Crippen LogP contribution in [0.15, 0.2) is 57.6 Å². The molecule has 1 amide bonds. The first-order valence-electron chi connectivity index (χ1n) is 10.8. The third-order valence-electron chi connectivity index (χ3n) is 5.41. The Morgan fingerprint density at radius 3 is 2.76 bits per heavy atom. The summed E-state index contributed by atoms with van der Waals surface area (Å²) in [5.41, 5.74) is 3.09. The number of carbonyl (C=O) groups is 1. The Morgan fingerprint density at radius 1 is 1.18 bits per heavy atom. The highest BCUT2D eigenvalue weighted by Gasteiger charge is 2.22. The first-order chi connectivity index (χ1) is 16.2. The molecule has 5 rings (SSSR count). The smallest absolute Gasteiger partial charge is 0.236 e. The fourth-order valence-electron chi connectivity index (χ4n) is 3.71. The zero-order valence-corrected chi connectivity index (χ0v) is 19.9. The molecule has 0 bridgehead atoms. The lowest BCUT2D eigenvalue weighted by Crippen LogP contribution is -2.22. The SMILES string of the molecule is Cc1ccc(-c2csc(NC(=O)CSc3nnc(N4CCCC4)n3Cc3ccco3)n2)cc1. The fraction of sp³-hybridized carbons (Fsp3) is 0.304. The normalized spacial score (nSPS) is 13.5. The lowest BCUT2D eigenvalue weighted by molar-refractivity contribution is -0.113. The molecule has 1 saturated heterocycles. The average Bonchev–Trinajstić information content (AvgIpc) is 3.61. The van der Waals surface area contributed by atoms with E-state index in [0.29, 0.717) is 16.8 Å². The third-order valence-corrected chi connectivity index (χ3v) is 7.13. The molecule has 0 spiro atoms. The van der Waals surface area contributed by atoms with Gasteiger partial charge in [-0.3, -0.25) is 9.36 Å². The molecule has 10 heteroatoms. The second-order valence-corrected chi connectivity index (χ2v) is 9.68. The highest BCUT2D eigenvalue weighted by atomic mass is 32.2. The maximum absolute atomic E-state index is 12.6. The number of amides is 1. The van der Waals surface area contributed by atoms with Crippen molar-refractivity contribution in [3.05, 3.63) is 59.4 Å². The number of aromatic nitrogens is 4. The Hall–Kier alpha value is -3.11. The van der Waals surface area contributed by atoms with Crippen molar-refractivity contribution in [3.63, 3.8) is 0 Å². The summed E-state index contributed by atoms with van der Waals surface area (Å²) in [6.07, 6.45) is 3.96. The number of anilines is 2. The van der Waals surface area contributed by atoms with Crippen molar-refractivity contribution in [3.8, 4) is 11.3 Å². The average molecular weight is 481 g/mol. The summed E-state index contributed by atoms with van der Waals surface area (Å²) in [4.78, 5) is 19.4. The molecule has 4 heterocycles. The van der Waals surface area contributed by atoms with Crippen LogP contribution in [-0.2, 0) is 11.3 Å². The number of benzene rings is 1. The van der Waals surface area contributed by atoms with Gasteiger partial charge in [0.1, 0.15) is 5.76 Å². The van der Waals surface area contributed by atoms with Crippen LogP contribution in [0.4, 0.5) is 11.1 Å². The van der Waals surface area contributed by atoms with Crippen LogP contribution in [0.1, 0.15) is 24.2 Å². The number of hydrogen-bond acceptors (Lipinski definition) is 8. The van der Waals surface area contributed by atoms with Gasteiger partial charge in [-0.25, -0.2) is 4.98 Å². The zero-order chi connectivity index (χ0) is 22.6. The van der Waals surface area contributed by atoms with Crippen LogP contribution >= 0.6 is 23.1 Å². The van der Waals surface area contributed by atoms with Crippen LogP contribution in [0.2, 0.25) is 0 Å². The van der Waals surface area contributed by atoms with E-state index < -0.39 is 0 Å². The number of nitrogens with one attached hydrogen (secondary N) is 1. The molecule has 170 valence electrons. The van der Waals surface area contributed by atoms with E-state index in [1.54, 1.807) is 6.26 Å². The van der Waals surface area contributed by atoms with E-state index >= 15 is 0 Å². The molecule has 1 aromatic carbocycles. The van der Waals surface area contributed by atoms with Crippen molar-refractivity contribution in [2.45, 2.75) is 31.5 Å². The summed E-state index contributed by atoms with van der Waals surface area (Å²) in [6, 6.07) is 12.0. The topological polar surface area (TPSA) is 89.1 Å². The predicted octanol–water partition coefficient (Wildman–Crippen LogP) is 4.68. The van der Waals surface area contributed by atoms with Crippen molar-refractivity contribution in [2.24, 2.45) is 0 Å². The van der Waals surface area contributed by atoms with Crippen molar-refractivity contribution in [1.82, 2.24) is 19.7 Å². The summed E-state index contributed by atoms with van der Waals surface area (Å²) in [6.45, 7) is 4.52. The van der Waals surface area contributed by atoms with Gasteiger partial charge in [0.05, 0.1) is 24.3 Å². The van der Waals surface area contributed by atoms with E-state index in [9.17, 15) is 4.79 Å². The Kier molecular flexibility index (Phi) is 6.45. The van der Waals surface area contributed by atoms with Gasteiger partial charge in [-0.15, -0.1) is 21.5 Å². The highest BCUT2D eigenvalue weighted by molar-refractivity contribution is 7.99. The van der Waals surface area contributed by atoms with Crippen molar-refractivity contribution < 1.29 is 9.21 Å². The third kappa shape index (κ3) is 5.12. The van der Waals surface area contributed by atoms with Gasteiger partial charge in [-0.05, 0) is 31.9 Å². The van der Waals surface area contributed by atoms with Crippen molar-refractivity contribution >= 4 is 40.1 Å². The van der Waals surface area contributed by atoms with Crippen molar-refractivity contribution in [1.29, 1.82) is 0 Å². The summed E-state index contributed by atoms with van der Waals surface area (Å²) in [5, 5.41) is 14.9. The molecular weight excluding hydrogens is 456 g/mol. The molecule has 1 N–H and O–H groups in total. The molecule has 0 unspecified atom stereocenters. The standard InChI is InChI=1S/C23H24N6O2S2/c1-16-6-8-17(9-7-16)19-14-32-21(24-19)25-20(30)15-33-23-27-26-22(28-10-2-3-11-28)29(23)13-18-5-4-12-31-18/h4-9,12,14H,2-3,10-11,13,15H2,1H3,(H,24,25,30). The van der Waals surface area contributed by atoms with Crippen molar-refractivity contribution in [2.75, 3.05) is 29.1 Å². The van der Waals surface area contributed by atoms with Crippen LogP contribution in [-0.4, -0.2) is 44.5 Å². The molecule has 1 fully saturated rings. The highest BCUT2D eigenvalue weighted by Crippen LogP contribution is 2.28. The fourth-order valence-corrected chi connectivity index (χ4v) is 5.18. The van der Waals surface area contributed by atoms with E-state index in [4.69, 9.17) is 4.42 Å². The molecule has 1 aliphatic heterocycles. The first kappa shape index (κ1) is 21.7. The maximum atomic E-state index is 12.6. The monoisotopic (exact) mass is 480 g/mol. The minimum absolute atomic E-state index is 0.125. The summed E-state index contributed by atoms with van der Waals surface area (Å²) >= 11 is 2.79. The summed E-state index contributed by atoms with van der Waals surface area (Å²) in [7, 11) is 0. The molecule has 8 nitrogen and oxygen atoms in total. The predicted molar refractivity (Wildman–Crippen MR) is 131 cm³/mol. The number of carbonyl (C=O) groups excluding carboxylic acids is 1. The van der Waals surface area contributed by atoms with Gasteiger partial charge in [0.2, 0.25) is 11.9 Å². The van der Waals surface area contributed by atoms with E-state index in [-0.39, 0.29) is 11.7 Å². The Balaban J connectivity index is 1.24. The number of furan rings is 1. The van der Waals surface area contributed by atoms with Crippen LogP contribution in [0.3, 0.4) is 0 Å². The minimum Gasteiger partial charge on any atom is -0.467 e. The van der Waals surface area contributed by atoms with Crippen LogP contribution in [0, 0.1) is 6.92 Å². The van der Waals surface area contributed by atoms with Crippen LogP contribution < -0.4 is 10.2 Å². The molecular formula is C23H24N6O2S2. The molecule has 0 saturated carbocycles. The molecule has 1 aliphatic rings. The van der Waals surface area contributed by atoms with Crippen LogP contribution in [0.25, 0.3) is 11.3 Å². The van der Waals surface area contributed by atoms with Gasteiger partial charge in [0.25, 0.3) is 0 Å². The molecule has 33 heavy (non-hydrogen) atoms. The van der Waals surface area contributed by atoms with Crippen LogP contribution in [0.5, 0.6) is 0 Å². The van der Waals surface area contributed by atoms with Gasteiger partial charge < -0.3 is 14.6 Å². The number of thioether (sulfide) groups is 1. The Morgan fingerprint density at radius 2 is 2.00 bits per heavy atom. The summed E-state index contributed by atoms with van der Waals surface area (Å²) in [5.74, 6) is 1.75. The second kappa shape index (κ2) is 9.80. The number of aryl methyl sites for hydroxylation is 1. The van der Waals surface area contributed by atoms with E-state index in [1.807, 2.05) is 34.2 Å². The number of thiazole rings is 1. The van der Waals surface area contributed by atoms with E-state index in [0.717, 1.165) is 48.9 Å². The van der Waals surface area contributed by atoms with Gasteiger partial charge in [0, 0.05) is 24.0 Å². The lowest BCUT2D eigenvalue weighted by Gasteiger charge is -2.17. The number of hydrogen-bond donors (Lipinski definition) is 1. The zero-order valence-electron chi connectivity index (χ0n) is 18.2. The lowest BCUT2D eigenvalue weighted by atomic mass is 10.1. The molecule has 0 aliphatic carbocycles. The van der Waals surface area contributed by atoms with E-state index in [1.165, 1.54) is 28.7 Å². The first-order valence-corrected chi connectivity index (χ1v) is 12.7. The molecule has 4 aromatic rings. The minimum atomic E-state index is -0.125. The van der Waals surface area contributed by atoms with Gasteiger partial charge >= 0.3 is 0 Å². The summed E-state index contributed by atoms with van der Waals surface area (Å²) < 4.78 is 7.57. The number of rotatable bonds is 8. The van der Waals surface area contributed by atoms with Gasteiger partial charge in [0.15, 0.2) is 10.3 Å². The largest absolute Gasteiger partial charge is 0.467 e. The maximum Gasteiger partial charge on any atom is 0.236 e. The second-order valence-electron chi connectivity index (χ2n) is 7.88. The molecule has 0 radical (unpaired) electrons. The van der Waals surface area contributed by atoms with E-state index in [2.05, 4.69) is 44.5 Å². The molecule has 0 atom stereocenters. The quantitative estimate of drug-likeness (QED) is 0.366. The Bertz CT molecular complexity index is 1210. The number of nitrogens with zero attached hydrogens (tertiary/aromatic N) is 5. The van der Waals surface area contributed by atoms with Gasteiger partial charge in [-0.2, -0.15) is 0 Å². The molecule has 3 aromatic heterocycles.